The third kappa shape index (κ3) is 4.61. The van der Waals surface area contributed by atoms with Crippen LogP contribution in [0, 0.1) is 5.92 Å². The number of amides is 1. The fourth-order valence-corrected chi connectivity index (χ4v) is 3.57. The average molecular weight is 417 g/mol. The molecule has 1 aromatic heterocycles. The standard InChI is InChI=1S/C20H25BrN4O/c1-20(2,16-5-7-17(21)8-6-16)14-24-19(26)15-4-3-11-25(13-15)18-12-22-9-10-23-18/h5-10,12,15H,3-4,11,13-14H2,1-2H3,(H,24,26)/t15-/m0/s1. The Morgan fingerprint density at radius 3 is 2.77 bits per heavy atom. The normalized spacial score (nSPS) is 17.8. The summed E-state index contributed by atoms with van der Waals surface area (Å²) in [5, 5.41) is 3.16. The summed E-state index contributed by atoms with van der Waals surface area (Å²) in [6, 6.07) is 8.29. The number of hydrogen-bond acceptors (Lipinski definition) is 4. The van der Waals surface area contributed by atoms with Crippen molar-refractivity contribution in [1.82, 2.24) is 15.3 Å². The van der Waals surface area contributed by atoms with Crippen molar-refractivity contribution in [3.63, 3.8) is 0 Å². The first-order valence-electron chi connectivity index (χ1n) is 9.00. The molecule has 1 aliphatic heterocycles. The van der Waals surface area contributed by atoms with E-state index in [1.54, 1.807) is 18.6 Å². The zero-order valence-corrected chi connectivity index (χ0v) is 16.9. The van der Waals surface area contributed by atoms with Gasteiger partial charge in [0.05, 0.1) is 12.1 Å². The van der Waals surface area contributed by atoms with Crippen LogP contribution in [0.5, 0.6) is 0 Å². The van der Waals surface area contributed by atoms with Crippen molar-refractivity contribution in [2.75, 3.05) is 24.5 Å². The van der Waals surface area contributed by atoms with Crippen molar-refractivity contribution in [3.05, 3.63) is 52.9 Å². The molecule has 0 bridgehead atoms. The van der Waals surface area contributed by atoms with Crippen molar-refractivity contribution in [1.29, 1.82) is 0 Å². The number of nitrogens with zero attached hydrogens (tertiary/aromatic N) is 3. The van der Waals surface area contributed by atoms with Gasteiger partial charge in [-0.2, -0.15) is 0 Å². The van der Waals surface area contributed by atoms with Crippen molar-refractivity contribution < 1.29 is 4.79 Å². The molecule has 0 aliphatic carbocycles. The number of rotatable bonds is 5. The van der Waals surface area contributed by atoms with E-state index in [9.17, 15) is 4.79 Å². The van der Waals surface area contributed by atoms with Crippen LogP contribution in [-0.4, -0.2) is 35.5 Å². The van der Waals surface area contributed by atoms with E-state index in [-0.39, 0.29) is 17.2 Å². The van der Waals surface area contributed by atoms with Crippen molar-refractivity contribution >= 4 is 27.7 Å². The SMILES string of the molecule is CC(C)(CNC(=O)[C@H]1CCCN(c2cnccn2)C1)c1ccc(Br)cc1. The van der Waals surface area contributed by atoms with E-state index < -0.39 is 0 Å². The number of aromatic nitrogens is 2. The molecule has 0 unspecified atom stereocenters. The number of carbonyl (C=O) groups is 1. The van der Waals surface area contributed by atoms with Crippen LogP contribution in [0.4, 0.5) is 5.82 Å². The highest BCUT2D eigenvalue weighted by molar-refractivity contribution is 9.10. The van der Waals surface area contributed by atoms with Gasteiger partial charge in [0.25, 0.3) is 0 Å². The first-order chi connectivity index (χ1) is 12.5. The van der Waals surface area contributed by atoms with Crippen LogP contribution < -0.4 is 10.2 Å². The van der Waals surface area contributed by atoms with Crippen molar-refractivity contribution in [3.8, 4) is 0 Å². The van der Waals surface area contributed by atoms with Gasteiger partial charge in [0, 0.05) is 41.9 Å². The van der Waals surface area contributed by atoms with Gasteiger partial charge in [-0.25, -0.2) is 4.98 Å². The quantitative estimate of drug-likeness (QED) is 0.809. The number of halogens is 1. The second-order valence-corrected chi connectivity index (χ2v) is 8.37. The first-order valence-corrected chi connectivity index (χ1v) is 9.80. The van der Waals surface area contributed by atoms with Gasteiger partial charge in [-0.15, -0.1) is 0 Å². The van der Waals surface area contributed by atoms with E-state index in [0.29, 0.717) is 13.1 Å². The molecule has 0 radical (unpaired) electrons. The van der Waals surface area contributed by atoms with Gasteiger partial charge < -0.3 is 10.2 Å². The number of benzene rings is 1. The minimum Gasteiger partial charge on any atom is -0.355 e. The molecule has 1 N–H and O–H groups in total. The van der Waals surface area contributed by atoms with Crippen LogP contribution in [0.3, 0.4) is 0 Å². The van der Waals surface area contributed by atoms with Crippen LogP contribution in [0.15, 0.2) is 47.3 Å². The molecule has 1 atom stereocenters. The summed E-state index contributed by atoms with van der Waals surface area (Å²) in [5.74, 6) is 0.968. The molecular formula is C20H25BrN4O. The smallest absolute Gasteiger partial charge is 0.224 e. The zero-order valence-electron chi connectivity index (χ0n) is 15.3. The molecule has 1 amide bonds. The Labute approximate surface area is 163 Å². The van der Waals surface area contributed by atoms with Gasteiger partial charge in [-0.1, -0.05) is 41.9 Å². The molecule has 138 valence electrons. The molecule has 1 aliphatic rings. The van der Waals surface area contributed by atoms with Crippen molar-refractivity contribution in [2.45, 2.75) is 32.1 Å². The highest BCUT2D eigenvalue weighted by Gasteiger charge is 2.28. The van der Waals surface area contributed by atoms with E-state index in [1.807, 2.05) is 12.1 Å². The highest BCUT2D eigenvalue weighted by Crippen LogP contribution is 2.25. The van der Waals surface area contributed by atoms with Crippen molar-refractivity contribution in [2.24, 2.45) is 5.92 Å². The van der Waals surface area contributed by atoms with Gasteiger partial charge in [-0.05, 0) is 30.5 Å². The van der Waals surface area contributed by atoms with Gasteiger partial charge in [-0.3, -0.25) is 9.78 Å². The molecule has 1 aromatic carbocycles. The number of carbonyl (C=O) groups excluding carboxylic acids is 1. The predicted molar refractivity (Wildman–Crippen MR) is 107 cm³/mol. The Kier molecular flexibility index (Phi) is 5.91. The van der Waals surface area contributed by atoms with E-state index in [4.69, 9.17) is 0 Å². The number of piperidine rings is 1. The summed E-state index contributed by atoms with van der Waals surface area (Å²) in [4.78, 5) is 23.4. The monoisotopic (exact) mass is 416 g/mol. The van der Waals surface area contributed by atoms with Gasteiger partial charge >= 0.3 is 0 Å². The Morgan fingerprint density at radius 1 is 1.31 bits per heavy atom. The predicted octanol–water partition coefficient (Wildman–Crippen LogP) is 3.55. The Hall–Kier alpha value is -1.95. The Morgan fingerprint density at radius 2 is 2.08 bits per heavy atom. The number of anilines is 1. The molecule has 1 fully saturated rings. The van der Waals surface area contributed by atoms with Crippen LogP contribution >= 0.6 is 15.9 Å². The lowest BCUT2D eigenvalue weighted by atomic mass is 9.84. The minimum absolute atomic E-state index is 0.00789. The highest BCUT2D eigenvalue weighted by atomic mass is 79.9. The molecule has 3 rings (SSSR count). The lowest BCUT2D eigenvalue weighted by Gasteiger charge is -2.33. The summed E-state index contributed by atoms with van der Waals surface area (Å²) < 4.78 is 1.06. The lowest BCUT2D eigenvalue weighted by Crippen LogP contribution is -2.46. The lowest BCUT2D eigenvalue weighted by molar-refractivity contribution is -0.125. The maximum absolute atomic E-state index is 12.7. The number of nitrogens with one attached hydrogen (secondary N) is 1. The molecular weight excluding hydrogens is 392 g/mol. The summed E-state index contributed by atoms with van der Waals surface area (Å²) in [7, 11) is 0. The molecule has 6 heteroatoms. The Bertz CT molecular complexity index is 733. The molecule has 26 heavy (non-hydrogen) atoms. The second kappa shape index (κ2) is 8.16. The van der Waals surface area contributed by atoms with Gasteiger partial charge in [0.1, 0.15) is 5.82 Å². The fraction of sp³-hybridized carbons (Fsp3) is 0.450. The van der Waals surface area contributed by atoms with Gasteiger partial charge in [0.15, 0.2) is 0 Å². The van der Waals surface area contributed by atoms with E-state index in [2.05, 4.69) is 62.1 Å². The van der Waals surface area contributed by atoms with E-state index >= 15 is 0 Å². The van der Waals surface area contributed by atoms with Crippen LogP contribution in [0.25, 0.3) is 0 Å². The fourth-order valence-electron chi connectivity index (χ4n) is 3.31. The van der Waals surface area contributed by atoms with E-state index in [1.165, 1.54) is 5.56 Å². The van der Waals surface area contributed by atoms with E-state index in [0.717, 1.165) is 29.7 Å². The molecule has 0 saturated carbocycles. The average Bonchev–Trinajstić information content (AvgIpc) is 2.67. The van der Waals surface area contributed by atoms with Crippen LogP contribution in [-0.2, 0) is 10.2 Å². The largest absolute Gasteiger partial charge is 0.355 e. The van der Waals surface area contributed by atoms with Gasteiger partial charge in [0.2, 0.25) is 5.91 Å². The molecule has 1 saturated heterocycles. The summed E-state index contributed by atoms with van der Waals surface area (Å²) in [6.07, 6.45) is 7.03. The molecule has 2 aromatic rings. The first kappa shape index (κ1) is 18.8. The molecule has 2 heterocycles. The zero-order chi connectivity index (χ0) is 18.6. The molecule has 5 nitrogen and oxygen atoms in total. The second-order valence-electron chi connectivity index (χ2n) is 7.46. The summed E-state index contributed by atoms with van der Waals surface area (Å²) in [5.41, 5.74) is 1.10. The maximum Gasteiger partial charge on any atom is 0.224 e. The van der Waals surface area contributed by atoms with Crippen LogP contribution in [0.2, 0.25) is 0 Å². The minimum atomic E-state index is -0.115. The maximum atomic E-state index is 12.7. The number of hydrogen-bond donors (Lipinski definition) is 1. The summed E-state index contributed by atoms with van der Waals surface area (Å²) >= 11 is 3.47. The topological polar surface area (TPSA) is 58.1 Å². The third-order valence-corrected chi connectivity index (χ3v) is 5.52. The van der Waals surface area contributed by atoms with Crippen LogP contribution in [0.1, 0.15) is 32.3 Å². The third-order valence-electron chi connectivity index (χ3n) is 5.00. The molecule has 0 spiro atoms. The summed E-state index contributed by atoms with van der Waals surface area (Å²) in [6.45, 7) is 6.55. The Balaban J connectivity index is 1.58.